The van der Waals surface area contributed by atoms with Gasteiger partial charge in [-0.2, -0.15) is 0 Å². The van der Waals surface area contributed by atoms with Crippen molar-refractivity contribution in [3.8, 4) is 0 Å². The minimum atomic E-state index is -0.356. The first-order valence-corrected chi connectivity index (χ1v) is 7.31. The van der Waals surface area contributed by atoms with E-state index in [0.29, 0.717) is 5.82 Å². The number of hydrogen-bond donors (Lipinski definition) is 3. The highest BCUT2D eigenvalue weighted by Gasteiger charge is 2.22. The van der Waals surface area contributed by atoms with Crippen LogP contribution < -0.4 is 16.0 Å². The lowest BCUT2D eigenvalue weighted by Gasteiger charge is -2.22. The van der Waals surface area contributed by atoms with Crippen molar-refractivity contribution in [1.82, 2.24) is 15.3 Å². The van der Waals surface area contributed by atoms with Crippen LogP contribution in [0.3, 0.4) is 0 Å². The Balaban J connectivity index is 3.23. The monoisotopic (exact) mass is 293 g/mol. The van der Waals surface area contributed by atoms with Crippen LogP contribution in [0.25, 0.3) is 0 Å². The Morgan fingerprint density at radius 2 is 1.81 bits per heavy atom. The Hall–Kier alpha value is -1.85. The van der Waals surface area contributed by atoms with E-state index in [4.69, 9.17) is 0 Å². The number of amides is 1. The molecule has 21 heavy (non-hydrogen) atoms. The third-order valence-corrected chi connectivity index (χ3v) is 3.15. The molecule has 0 saturated heterocycles. The predicted octanol–water partition coefficient (Wildman–Crippen LogP) is 2.06. The molecule has 1 rings (SSSR count). The van der Waals surface area contributed by atoms with Crippen LogP contribution in [0.1, 0.15) is 46.0 Å². The molecule has 1 aromatic heterocycles. The van der Waals surface area contributed by atoms with Gasteiger partial charge in [-0.05, 0) is 20.8 Å². The van der Waals surface area contributed by atoms with Crippen LogP contribution in [-0.2, 0) is 10.2 Å². The lowest BCUT2D eigenvalue weighted by atomic mass is 9.95. The van der Waals surface area contributed by atoms with Crippen molar-refractivity contribution in [1.29, 1.82) is 0 Å². The van der Waals surface area contributed by atoms with E-state index < -0.39 is 0 Å². The van der Waals surface area contributed by atoms with Gasteiger partial charge in [-0.25, -0.2) is 9.97 Å². The molecule has 3 N–H and O–H groups in total. The Labute approximate surface area is 127 Å². The van der Waals surface area contributed by atoms with Crippen molar-refractivity contribution in [2.24, 2.45) is 0 Å². The fourth-order valence-corrected chi connectivity index (χ4v) is 1.82. The largest absolute Gasteiger partial charge is 0.370 e. The number of hydrogen-bond acceptors (Lipinski definition) is 5. The molecule has 1 amide bonds. The average molecular weight is 293 g/mol. The maximum Gasteiger partial charge on any atom is 0.241 e. The quantitative estimate of drug-likeness (QED) is 0.774. The summed E-state index contributed by atoms with van der Waals surface area (Å²) in [4.78, 5) is 20.9. The van der Waals surface area contributed by atoms with E-state index >= 15 is 0 Å². The van der Waals surface area contributed by atoms with Crippen LogP contribution in [-0.4, -0.2) is 35.5 Å². The van der Waals surface area contributed by atoms with E-state index in [1.165, 1.54) is 0 Å². The zero-order chi connectivity index (χ0) is 16.2. The van der Waals surface area contributed by atoms with Gasteiger partial charge in [0.15, 0.2) is 0 Å². The average Bonchev–Trinajstić information content (AvgIpc) is 2.40. The van der Waals surface area contributed by atoms with E-state index in [1.54, 1.807) is 7.05 Å². The number of carbonyl (C=O) groups excluding carboxylic acids is 1. The highest BCUT2D eigenvalue weighted by molar-refractivity contribution is 5.84. The van der Waals surface area contributed by atoms with Gasteiger partial charge in [0.2, 0.25) is 5.91 Å². The van der Waals surface area contributed by atoms with Gasteiger partial charge in [-0.1, -0.05) is 20.8 Å². The third kappa shape index (κ3) is 4.31. The zero-order valence-electron chi connectivity index (χ0n) is 14.1. The van der Waals surface area contributed by atoms with Crippen molar-refractivity contribution in [2.75, 3.05) is 24.2 Å². The lowest BCUT2D eigenvalue weighted by Crippen LogP contribution is -2.36. The molecule has 0 aliphatic heterocycles. The minimum Gasteiger partial charge on any atom is -0.370 e. The highest BCUT2D eigenvalue weighted by atomic mass is 16.2. The van der Waals surface area contributed by atoms with E-state index in [1.807, 2.05) is 20.8 Å². The van der Waals surface area contributed by atoms with Crippen LogP contribution in [0, 0.1) is 6.92 Å². The standard InChI is InChI=1S/C15H27N5O/c1-8-17-11-9(2)12(18-10(3)13(21)16-7)20-14(19-11)15(4,5)6/h10H,8H2,1-7H3,(H,16,21)(H2,17,18,19,20). The number of anilines is 2. The molecule has 6 heteroatoms. The smallest absolute Gasteiger partial charge is 0.241 e. The molecule has 1 atom stereocenters. The summed E-state index contributed by atoms with van der Waals surface area (Å²) in [6.07, 6.45) is 0. The Kier molecular flexibility index (Phi) is 5.52. The number of rotatable bonds is 5. The number of aromatic nitrogens is 2. The first-order chi connectivity index (χ1) is 9.70. The molecule has 1 unspecified atom stereocenters. The fourth-order valence-electron chi connectivity index (χ4n) is 1.82. The molecule has 118 valence electrons. The summed E-state index contributed by atoms with van der Waals surface area (Å²) in [5.74, 6) is 2.18. The summed E-state index contributed by atoms with van der Waals surface area (Å²) in [5.41, 5.74) is 0.755. The number of nitrogens with zero attached hydrogens (tertiary/aromatic N) is 2. The molecule has 0 radical (unpaired) electrons. The van der Waals surface area contributed by atoms with Gasteiger partial charge in [0.05, 0.1) is 0 Å². The van der Waals surface area contributed by atoms with Gasteiger partial charge >= 0.3 is 0 Å². The van der Waals surface area contributed by atoms with Crippen LogP contribution in [0.2, 0.25) is 0 Å². The summed E-state index contributed by atoms with van der Waals surface area (Å²) in [6, 6.07) is -0.356. The second-order valence-corrected chi connectivity index (χ2v) is 6.13. The first kappa shape index (κ1) is 17.2. The fraction of sp³-hybridized carbons (Fsp3) is 0.667. The van der Waals surface area contributed by atoms with Crippen LogP contribution >= 0.6 is 0 Å². The maximum absolute atomic E-state index is 11.7. The second-order valence-electron chi connectivity index (χ2n) is 6.13. The molecule has 0 aliphatic rings. The second kappa shape index (κ2) is 6.74. The molecule has 0 fully saturated rings. The Morgan fingerprint density at radius 3 is 2.29 bits per heavy atom. The topological polar surface area (TPSA) is 78.9 Å². The van der Waals surface area contributed by atoms with Crippen molar-refractivity contribution in [2.45, 2.75) is 53.0 Å². The van der Waals surface area contributed by atoms with Gasteiger partial charge in [-0.15, -0.1) is 0 Å². The van der Waals surface area contributed by atoms with Crippen molar-refractivity contribution >= 4 is 17.5 Å². The highest BCUT2D eigenvalue weighted by Crippen LogP contribution is 2.26. The van der Waals surface area contributed by atoms with E-state index in [-0.39, 0.29) is 17.4 Å². The SMILES string of the molecule is CCNc1nc(C(C)(C)C)nc(NC(C)C(=O)NC)c1C. The van der Waals surface area contributed by atoms with Crippen LogP contribution in [0.15, 0.2) is 0 Å². The van der Waals surface area contributed by atoms with Gasteiger partial charge in [0.1, 0.15) is 23.5 Å². The normalized spacial score (nSPS) is 12.7. The van der Waals surface area contributed by atoms with E-state index in [0.717, 1.165) is 23.8 Å². The van der Waals surface area contributed by atoms with Crippen molar-refractivity contribution in [3.05, 3.63) is 11.4 Å². The first-order valence-electron chi connectivity index (χ1n) is 7.31. The summed E-state index contributed by atoms with van der Waals surface area (Å²) in [6.45, 7) is 12.8. The molecule has 0 spiro atoms. The summed E-state index contributed by atoms with van der Waals surface area (Å²) in [5, 5.41) is 9.05. The maximum atomic E-state index is 11.7. The summed E-state index contributed by atoms with van der Waals surface area (Å²) >= 11 is 0. The molecular weight excluding hydrogens is 266 g/mol. The van der Waals surface area contributed by atoms with Crippen LogP contribution in [0.5, 0.6) is 0 Å². The van der Waals surface area contributed by atoms with Gasteiger partial charge in [0, 0.05) is 24.6 Å². The molecule has 1 heterocycles. The predicted molar refractivity (Wildman–Crippen MR) is 86.8 cm³/mol. The number of nitrogens with one attached hydrogen (secondary N) is 3. The Morgan fingerprint density at radius 1 is 1.24 bits per heavy atom. The summed E-state index contributed by atoms with van der Waals surface area (Å²) in [7, 11) is 1.62. The van der Waals surface area contributed by atoms with Gasteiger partial charge < -0.3 is 16.0 Å². The zero-order valence-corrected chi connectivity index (χ0v) is 14.1. The number of likely N-dealkylation sites (N-methyl/N-ethyl adjacent to an activating group) is 1. The van der Waals surface area contributed by atoms with Crippen molar-refractivity contribution in [3.63, 3.8) is 0 Å². The van der Waals surface area contributed by atoms with Gasteiger partial charge in [0.25, 0.3) is 0 Å². The molecule has 6 nitrogen and oxygen atoms in total. The Bertz CT molecular complexity index is 508. The molecule has 0 aromatic carbocycles. The molecule has 0 aliphatic carbocycles. The van der Waals surface area contributed by atoms with Crippen LogP contribution in [0.4, 0.5) is 11.6 Å². The molecule has 1 aromatic rings. The summed E-state index contributed by atoms with van der Waals surface area (Å²) < 4.78 is 0. The molecule has 0 bridgehead atoms. The van der Waals surface area contributed by atoms with E-state index in [9.17, 15) is 4.79 Å². The molecular formula is C15H27N5O. The molecule has 0 saturated carbocycles. The minimum absolute atomic E-state index is 0.0738. The lowest BCUT2D eigenvalue weighted by molar-refractivity contribution is -0.121. The van der Waals surface area contributed by atoms with Gasteiger partial charge in [-0.3, -0.25) is 4.79 Å². The van der Waals surface area contributed by atoms with E-state index in [2.05, 4.69) is 46.7 Å². The number of carbonyl (C=O) groups is 1. The third-order valence-electron chi connectivity index (χ3n) is 3.15. The van der Waals surface area contributed by atoms with Crippen molar-refractivity contribution < 1.29 is 4.79 Å².